The molecule has 5 nitrogen and oxygen atoms in total. The minimum absolute atomic E-state index is 0.0751. The fourth-order valence-corrected chi connectivity index (χ4v) is 12.1. The van der Waals surface area contributed by atoms with Gasteiger partial charge in [0.1, 0.15) is 0 Å². The zero-order valence-electron chi connectivity index (χ0n) is 23.1. The van der Waals surface area contributed by atoms with Crippen LogP contribution < -0.4 is 0 Å². The molecule has 0 aromatic heterocycles. The van der Waals surface area contributed by atoms with Gasteiger partial charge < -0.3 is 25.2 Å². The van der Waals surface area contributed by atoms with Crippen molar-refractivity contribution in [1.29, 1.82) is 0 Å². The van der Waals surface area contributed by atoms with Crippen LogP contribution in [-0.4, -0.2) is 56.0 Å². The van der Waals surface area contributed by atoms with Crippen molar-refractivity contribution in [3.05, 3.63) is 0 Å². The highest BCUT2D eigenvalue weighted by molar-refractivity contribution is 5.33. The maximum Gasteiger partial charge on any atom is 0.0865 e. The topological polar surface area (TPSA) is 90.2 Å². The number of ether oxygens (including phenoxy) is 1. The van der Waals surface area contributed by atoms with Crippen molar-refractivity contribution < 1.29 is 25.2 Å². The highest BCUT2D eigenvalue weighted by Crippen LogP contribution is 2.89. The standard InChI is InChI=1S/C30H50O5/c1-24(2)18-8-9-19-26(5)14-17(31)23(27(6)12-11-22(35-27)25(3,4)34)28(26,7)21(33)15-30(19)16-29(18,30)13-10-20(24)32/h17-23,31-34H,8-16H2,1-7H3/t17-,18-,19-,20-,21+,22-,23+,26-,27+,28+,29+,30-/m0/s1. The molecule has 6 aliphatic rings. The van der Waals surface area contributed by atoms with E-state index in [1.54, 1.807) is 0 Å². The van der Waals surface area contributed by atoms with Crippen LogP contribution in [0.3, 0.4) is 0 Å². The van der Waals surface area contributed by atoms with Gasteiger partial charge in [0.25, 0.3) is 0 Å². The van der Waals surface area contributed by atoms with E-state index in [1.807, 2.05) is 13.8 Å². The van der Waals surface area contributed by atoms with Gasteiger partial charge in [0.15, 0.2) is 0 Å². The Labute approximate surface area is 212 Å². The van der Waals surface area contributed by atoms with Crippen LogP contribution in [0.4, 0.5) is 0 Å². The lowest BCUT2D eigenvalue weighted by molar-refractivity contribution is -0.231. The monoisotopic (exact) mass is 490 g/mol. The van der Waals surface area contributed by atoms with E-state index in [0.717, 1.165) is 51.4 Å². The van der Waals surface area contributed by atoms with Crippen molar-refractivity contribution in [2.45, 2.75) is 142 Å². The second kappa shape index (κ2) is 6.86. The molecule has 1 aliphatic heterocycles. The van der Waals surface area contributed by atoms with Crippen LogP contribution in [0.2, 0.25) is 0 Å². The zero-order valence-corrected chi connectivity index (χ0v) is 23.1. The average Bonchev–Trinajstić information content (AvgIpc) is 3.09. The number of aliphatic hydroxyl groups excluding tert-OH is 3. The lowest BCUT2D eigenvalue weighted by Crippen LogP contribution is -2.64. The number of fused-ring (bicyclic) bond motifs is 2. The molecule has 4 N–H and O–H groups in total. The Bertz CT molecular complexity index is 911. The molecule has 35 heavy (non-hydrogen) atoms. The van der Waals surface area contributed by atoms with Crippen LogP contribution in [0, 0.1) is 44.8 Å². The molecule has 6 rings (SSSR count). The minimum atomic E-state index is -0.919. The highest BCUT2D eigenvalue weighted by atomic mass is 16.5. The van der Waals surface area contributed by atoms with Gasteiger partial charge in [0, 0.05) is 11.3 Å². The Kier molecular flexibility index (Phi) is 4.92. The van der Waals surface area contributed by atoms with E-state index in [9.17, 15) is 20.4 Å². The summed E-state index contributed by atoms with van der Waals surface area (Å²) in [5.41, 5.74) is -1.77. The molecule has 2 spiro atoms. The van der Waals surface area contributed by atoms with Crippen molar-refractivity contribution >= 4 is 0 Å². The first-order valence-electron chi connectivity index (χ1n) is 14.4. The second-order valence-corrected chi connectivity index (χ2v) is 15.8. The van der Waals surface area contributed by atoms with Crippen LogP contribution in [0.1, 0.15) is 106 Å². The first-order valence-corrected chi connectivity index (χ1v) is 14.4. The zero-order chi connectivity index (χ0) is 25.6. The molecule has 0 radical (unpaired) electrons. The Balaban J connectivity index is 1.38. The highest BCUT2D eigenvalue weighted by Gasteiger charge is 2.85. The first-order chi connectivity index (χ1) is 16.0. The van der Waals surface area contributed by atoms with E-state index in [2.05, 4.69) is 34.6 Å². The third-order valence-corrected chi connectivity index (χ3v) is 13.9. The molecule has 0 aromatic rings. The maximum atomic E-state index is 12.1. The molecule has 12 atom stereocenters. The van der Waals surface area contributed by atoms with E-state index >= 15 is 0 Å². The third kappa shape index (κ3) is 2.73. The van der Waals surface area contributed by atoms with Gasteiger partial charge in [-0.3, -0.25) is 0 Å². The average molecular weight is 491 g/mol. The molecule has 1 heterocycles. The fraction of sp³-hybridized carbons (Fsp3) is 1.00. The summed E-state index contributed by atoms with van der Waals surface area (Å²) in [5.74, 6) is 0.845. The molecule has 1 saturated heterocycles. The van der Waals surface area contributed by atoms with Gasteiger partial charge in [-0.1, -0.05) is 27.7 Å². The SMILES string of the molecule is CC(C)(O)[C@@H]1CC[C@](C)([C@H]2[C@@H](O)C[C@@]3(C)[C@@H]4CC[C@H]5C(C)(C)[C@@H](O)CC[C@@]56C[C@@]46C[C@@H](O)[C@]23C)O1. The molecule has 200 valence electrons. The third-order valence-electron chi connectivity index (χ3n) is 13.9. The van der Waals surface area contributed by atoms with Gasteiger partial charge >= 0.3 is 0 Å². The summed E-state index contributed by atoms with van der Waals surface area (Å²) in [6.07, 6.45) is 7.05. The van der Waals surface area contributed by atoms with Crippen molar-refractivity contribution in [3.8, 4) is 0 Å². The summed E-state index contributed by atoms with van der Waals surface area (Å²) in [6, 6.07) is 0. The first kappa shape index (κ1) is 25.1. The van der Waals surface area contributed by atoms with Crippen LogP contribution in [0.25, 0.3) is 0 Å². The van der Waals surface area contributed by atoms with E-state index in [0.29, 0.717) is 11.8 Å². The van der Waals surface area contributed by atoms with E-state index in [-0.39, 0.29) is 39.8 Å². The summed E-state index contributed by atoms with van der Waals surface area (Å²) in [4.78, 5) is 0. The van der Waals surface area contributed by atoms with Gasteiger partial charge in [-0.2, -0.15) is 0 Å². The molecular formula is C30H50O5. The molecule has 5 aliphatic carbocycles. The molecule has 0 bridgehead atoms. The van der Waals surface area contributed by atoms with Gasteiger partial charge in [0.2, 0.25) is 0 Å². The van der Waals surface area contributed by atoms with Gasteiger partial charge in [-0.25, -0.2) is 0 Å². The second-order valence-electron chi connectivity index (χ2n) is 15.8. The Hall–Kier alpha value is -0.200. The summed E-state index contributed by atoms with van der Waals surface area (Å²) in [6.45, 7) is 14.9. The molecule has 5 saturated carbocycles. The minimum Gasteiger partial charge on any atom is -0.393 e. The molecular weight excluding hydrogens is 440 g/mol. The summed E-state index contributed by atoms with van der Waals surface area (Å²) in [7, 11) is 0. The lowest BCUT2D eigenvalue weighted by atomic mass is 9.41. The van der Waals surface area contributed by atoms with Gasteiger partial charge in [-0.15, -0.1) is 0 Å². The van der Waals surface area contributed by atoms with Crippen LogP contribution in [0.5, 0.6) is 0 Å². The van der Waals surface area contributed by atoms with E-state index in [1.165, 1.54) is 6.42 Å². The van der Waals surface area contributed by atoms with Gasteiger partial charge in [-0.05, 0) is 112 Å². The van der Waals surface area contributed by atoms with Crippen LogP contribution in [0.15, 0.2) is 0 Å². The number of hydrogen-bond acceptors (Lipinski definition) is 5. The Morgan fingerprint density at radius 1 is 0.771 bits per heavy atom. The molecule has 5 heteroatoms. The summed E-state index contributed by atoms with van der Waals surface area (Å²) >= 11 is 0. The summed E-state index contributed by atoms with van der Waals surface area (Å²) in [5, 5.41) is 45.4. The number of aliphatic hydroxyl groups is 4. The molecule has 0 unspecified atom stereocenters. The smallest absolute Gasteiger partial charge is 0.0865 e. The van der Waals surface area contributed by atoms with E-state index in [4.69, 9.17) is 4.74 Å². The fourth-order valence-electron chi connectivity index (χ4n) is 12.1. The predicted octanol–water partition coefficient (Wildman–Crippen LogP) is 4.44. The Morgan fingerprint density at radius 2 is 1.43 bits per heavy atom. The largest absolute Gasteiger partial charge is 0.393 e. The Morgan fingerprint density at radius 3 is 2.06 bits per heavy atom. The van der Waals surface area contributed by atoms with Crippen molar-refractivity contribution in [2.75, 3.05) is 0 Å². The quantitative estimate of drug-likeness (QED) is 0.460. The van der Waals surface area contributed by atoms with E-state index < -0.39 is 28.8 Å². The molecule has 0 aromatic carbocycles. The number of rotatable bonds is 2. The van der Waals surface area contributed by atoms with Crippen LogP contribution >= 0.6 is 0 Å². The normalized spacial score (nSPS) is 60.9. The van der Waals surface area contributed by atoms with Crippen molar-refractivity contribution in [2.24, 2.45) is 44.8 Å². The number of hydrogen-bond donors (Lipinski definition) is 4. The summed E-state index contributed by atoms with van der Waals surface area (Å²) < 4.78 is 6.62. The van der Waals surface area contributed by atoms with Crippen molar-refractivity contribution in [1.82, 2.24) is 0 Å². The van der Waals surface area contributed by atoms with Gasteiger partial charge in [0.05, 0.1) is 35.6 Å². The predicted molar refractivity (Wildman–Crippen MR) is 134 cm³/mol. The molecule has 6 fully saturated rings. The molecule has 0 amide bonds. The van der Waals surface area contributed by atoms with Crippen LogP contribution in [-0.2, 0) is 4.74 Å². The van der Waals surface area contributed by atoms with Crippen molar-refractivity contribution in [3.63, 3.8) is 0 Å². The lowest BCUT2D eigenvalue weighted by Gasteiger charge is -2.65. The maximum absolute atomic E-state index is 12.1.